The lowest BCUT2D eigenvalue weighted by molar-refractivity contribution is 0.0936. The van der Waals surface area contributed by atoms with Gasteiger partial charge in [-0.05, 0) is 63.6 Å². The first-order valence-electron chi connectivity index (χ1n) is 10.5. The Morgan fingerprint density at radius 3 is 2.77 bits per heavy atom. The number of nitrogens with two attached hydrogens (primary N) is 1. The van der Waals surface area contributed by atoms with E-state index in [0.717, 1.165) is 48.3 Å². The molecule has 0 radical (unpaired) electrons. The van der Waals surface area contributed by atoms with E-state index in [1.165, 1.54) is 6.07 Å². The summed E-state index contributed by atoms with van der Waals surface area (Å²) in [5, 5.41) is 3.18. The van der Waals surface area contributed by atoms with Crippen LogP contribution in [0.2, 0.25) is 5.02 Å². The van der Waals surface area contributed by atoms with Crippen LogP contribution in [0.1, 0.15) is 49.2 Å². The second-order valence-electron chi connectivity index (χ2n) is 9.03. The topological polar surface area (TPSA) is 71.2 Å². The number of nitrogens with one attached hydrogen (secondary N) is 1. The number of halogens is 2. The number of aromatic nitrogens is 1. The molecular weight excluding hydrogens is 403 g/mol. The molecular formula is C23H28ClFN4O. The Morgan fingerprint density at radius 2 is 2.17 bits per heavy atom. The molecule has 0 spiro atoms. The molecule has 0 unspecified atom stereocenters. The number of benzene rings is 1. The maximum Gasteiger partial charge on any atom is 0.255 e. The molecule has 160 valence electrons. The predicted molar refractivity (Wildman–Crippen MR) is 118 cm³/mol. The van der Waals surface area contributed by atoms with Crippen molar-refractivity contribution < 1.29 is 9.18 Å². The van der Waals surface area contributed by atoms with E-state index in [1.807, 2.05) is 20.8 Å². The van der Waals surface area contributed by atoms with E-state index in [2.05, 4.69) is 15.2 Å². The molecule has 2 aromatic rings. The van der Waals surface area contributed by atoms with Crippen LogP contribution in [0.15, 0.2) is 24.4 Å². The maximum atomic E-state index is 13.8. The Morgan fingerprint density at radius 1 is 1.43 bits per heavy atom. The van der Waals surface area contributed by atoms with Gasteiger partial charge < -0.3 is 16.0 Å². The van der Waals surface area contributed by atoms with Crippen molar-refractivity contribution >= 4 is 23.2 Å². The van der Waals surface area contributed by atoms with Crippen LogP contribution in [-0.4, -0.2) is 35.6 Å². The summed E-state index contributed by atoms with van der Waals surface area (Å²) in [4.78, 5) is 19.9. The monoisotopic (exact) mass is 430 g/mol. The van der Waals surface area contributed by atoms with Crippen molar-refractivity contribution in [1.29, 1.82) is 0 Å². The number of amides is 1. The highest BCUT2D eigenvalue weighted by Gasteiger charge is 2.35. The Hall–Kier alpha value is -2.18. The highest BCUT2D eigenvalue weighted by Crippen LogP contribution is 2.40. The van der Waals surface area contributed by atoms with Gasteiger partial charge in [0.25, 0.3) is 5.91 Å². The number of anilines is 1. The summed E-state index contributed by atoms with van der Waals surface area (Å²) in [5.74, 6) is -0.0715. The Labute approximate surface area is 181 Å². The molecule has 1 aromatic carbocycles. The van der Waals surface area contributed by atoms with Crippen LogP contribution >= 0.6 is 11.6 Å². The summed E-state index contributed by atoms with van der Waals surface area (Å²) in [5.41, 5.74) is 9.65. The van der Waals surface area contributed by atoms with Gasteiger partial charge >= 0.3 is 0 Å². The van der Waals surface area contributed by atoms with Gasteiger partial charge in [0, 0.05) is 42.1 Å². The summed E-state index contributed by atoms with van der Waals surface area (Å²) in [6, 6.07) is 4.74. The van der Waals surface area contributed by atoms with E-state index in [0.29, 0.717) is 18.0 Å². The number of hydrogen-bond donors (Lipinski definition) is 2. The van der Waals surface area contributed by atoms with Gasteiger partial charge in [0.1, 0.15) is 5.82 Å². The minimum absolute atomic E-state index is 0.0418. The molecule has 1 saturated carbocycles. The smallest absolute Gasteiger partial charge is 0.255 e. The van der Waals surface area contributed by atoms with Crippen molar-refractivity contribution in [3.8, 4) is 11.1 Å². The van der Waals surface area contributed by atoms with Crippen LogP contribution in [-0.2, 0) is 0 Å². The maximum absolute atomic E-state index is 13.8. The van der Waals surface area contributed by atoms with Crippen LogP contribution < -0.4 is 16.0 Å². The van der Waals surface area contributed by atoms with E-state index >= 15 is 0 Å². The fraction of sp³-hybridized carbons (Fsp3) is 0.478. The zero-order chi connectivity index (χ0) is 21.6. The Balaban J connectivity index is 1.83. The molecule has 4 rings (SSSR count). The second-order valence-corrected chi connectivity index (χ2v) is 9.44. The lowest BCUT2D eigenvalue weighted by Crippen LogP contribution is -2.40. The van der Waals surface area contributed by atoms with Crippen molar-refractivity contribution in [2.45, 2.75) is 51.6 Å². The summed E-state index contributed by atoms with van der Waals surface area (Å²) < 4.78 is 13.8. The third-order valence-electron chi connectivity index (χ3n) is 6.20. The van der Waals surface area contributed by atoms with Gasteiger partial charge in [-0.3, -0.25) is 9.78 Å². The van der Waals surface area contributed by atoms with Crippen molar-refractivity contribution in [1.82, 2.24) is 10.3 Å². The van der Waals surface area contributed by atoms with Crippen molar-refractivity contribution in [2.24, 2.45) is 11.7 Å². The Kier molecular flexibility index (Phi) is 5.49. The lowest BCUT2D eigenvalue weighted by Gasteiger charge is -2.28. The first kappa shape index (κ1) is 21.1. The largest absolute Gasteiger partial charge is 0.368 e. The zero-order valence-corrected chi connectivity index (χ0v) is 18.4. The van der Waals surface area contributed by atoms with Gasteiger partial charge in [-0.15, -0.1) is 0 Å². The summed E-state index contributed by atoms with van der Waals surface area (Å²) in [7, 11) is 0. The first-order valence-corrected chi connectivity index (χ1v) is 10.8. The second kappa shape index (κ2) is 7.82. The quantitative estimate of drug-likeness (QED) is 0.741. The van der Waals surface area contributed by atoms with E-state index in [9.17, 15) is 9.18 Å². The highest BCUT2D eigenvalue weighted by atomic mass is 35.5. The number of carbonyl (C=O) groups is 1. The van der Waals surface area contributed by atoms with Gasteiger partial charge in [-0.25, -0.2) is 4.39 Å². The molecule has 1 aromatic heterocycles. The molecule has 7 heteroatoms. The number of carbonyl (C=O) groups excluding carboxylic acids is 1. The SMILES string of the molecule is Cc1ncc(C(=O)N[C@@H](C)C2CC2)c(N2CC[C@](C)(N)C2)c1-c1ccc(F)c(Cl)c1. The van der Waals surface area contributed by atoms with Crippen LogP contribution in [0, 0.1) is 18.7 Å². The number of rotatable bonds is 5. The summed E-state index contributed by atoms with van der Waals surface area (Å²) >= 11 is 6.08. The van der Waals surface area contributed by atoms with Crippen molar-refractivity contribution in [2.75, 3.05) is 18.0 Å². The van der Waals surface area contributed by atoms with Crippen LogP contribution in [0.3, 0.4) is 0 Å². The van der Waals surface area contributed by atoms with E-state index in [1.54, 1.807) is 18.3 Å². The molecule has 2 atom stereocenters. The molecule has 5 nitrogen and oxygen atoms in total. The molecule has 1 aliphatic heterocycles. The normalized spacial score (nSPS) is 22.3. The van der Waals surface area contributed by atoms with Crippen LogP contribution in [0.4, 0.5) is 10.1 Å². The number of aryl methyl sites for hydroxylation is 1. The van der Waals surface area contributed by atoms with Crippen molar-refractivity contribution in [3.05, 3.63) is 46.5 Å². The molecule has 2 aliphatic rings. The molecule has 30 heavy (non-hydrogen) atoms. The summed E-state index contributed by atoms with van der Waals surface area (Å²) in [6.45, 7) is 7.31. The van der Waals surface area contributed by atoms with Crippen LogP contribution in [0.25, 0.3) is 11.1 Å². The molecule has 2 fully saturated rings. The minimum atomic E-state index is -0.476. The summed E-state index contributed by atoms with van der Waals surface area (Å²) in [6.07, 6.45) is 4.76. The van der Waals surface area contributed by atoms with E-state index < -0.39 is 5.82 Å². The van der Waals surface area contributed by atoms with Gasteiger partial charge in [0.2, 0.25) is 0 Å². The standard InChI is InChI=1S/C23H28ClFN4O/c1-13(15-4-5-15)28-22(30)17-11-27-14(2)20(16-6-7-19(25)18(24)10-16)21(17)29-9-8-23(3,26)12-29/h6-7,10-11,13,15H,4-5,8-9,12,26H2,1-3H3,(H,28,30)/t13-,23-/m0/s1. The van der Waals surface area contributed by atoms with Gasteiger partial charge in [0.05, 0.1) is 16.3 Å². The molecule has 3 N–H and O–H groups in total. The zero-order valence-electron chi connectivity index (χ0n) is 17.6. The molecule has 2 heterocycles. The third kappa shape index (κ3) is 4.16. The number of hydrogen-bond acceptors (Lipinski definition) is 4. The van der Waals surface area contributed by atoms with Crippen molar-refractivity contribution in [3.63, 3.8) is 0 Å². The molecule has 0 bridgehead atoms. The van der Waals surface area contributed by atoms with Gasteiger partial charge in [-0.1, -0.05) is 17.7 Å². The van der Waals surface area contributed by atoms with Gasteiger partial charge in [0.15, 0.2) is 0 Å². The fourth-order valence-electron chi connectivity index (χ4n) is 4.26. The van der Waals surface area contributed by atoms with Crippen LogP contribution in [0.5, 0.6) is 0 Å². The average molecular weight is 431 g/mol. The van der Waals surface area contributed by atoms with E-state index in [4.69, 9.17) is 17.3 Å². The lowest BCUT2D eigenvalue weighted by atomic mass is 9.97. The highest BCUT2D eigenvalue weighted by molar-refractivity contribution is 6.31. The molecule has 1 aliphatic carbocycles. The third-order valence-corrected chi connectivity index (χ3v) is 6.49. The minimum Gasteiger partial charge on any atom is -0.368 e. The predicted octanol–water partition coefficient (Wildman–Crippen LogP) is 4.31. The Bertz CT molecular complexity index is 989. The molecule has 1 saturated heterocycles. The average Bonchev–Trinajstić information content (AvgIpc) is 3.47. The number of nitrogens with zero attached hydrogens (tertiary/aromatic N) is 2. The van der Waals surface area contributed by atoms with E-state index in [-0.39, 0.29) is 22.5 Å². The molecule has 1 amide bonds. The first-order chi connectivity index (χ1) is 14.2. The van der Waals surface area contributed by atoms with Gasteiger partial charge in [-0.2, -0.15) is 0 Å². The fourth-order valence-corrected chi connectivity index (χ4v) is 4.44. The number of pyridine rings is 1.